The standard InChI is InChI=1S/C12H16O2S/c1-9-4-6-12(7-5-9)15(14)11(3)8-10(2)13/h4-7,11H,8H2,1-3H3. The molecule has 82 valence electrons. The first kappa shape index (κ1) is 12.1. The van der Waals surface area contributed by atoms with Crippen molar-refractivity contribution in [2.75, 3.05) is 0 Å². The molecule has 1 aromatic carbocycles. The zero-order chi connectivity index (χ0) is 11.4. The van der Waals surface area contributed by atoms with Crippen molar-refractivity contribution >= 4 is 16.6 Å². The first-order valence-corrected chi connectivity index (χ1v) is 6.18. The summed E-state index contributed by atoms with van der Waals surface area (Å²) in [5.41, 5.74) is 1.15. The van der Waals surface area contributed by atoms with E-state index < -0.39 is 10.8 Å². The van der Waals surface area contributed by atoms with Crippen LogP contribution in [0.2, 0.25) is 0 Å². The lowest BCUT2D eigenvalue weighted by atomic mass is 10.2. The van der Waals surface area contributed by atoms with Crippen LogP contribution in [-0.2, 0) is 15.6 Å². The molecule has 0 spiro atoms. The molecule has 2 atom stereocenters. The summed E-state index contributed by atoms with van der Waals surface area (Å²) in [4.78, 5) is 11.7. The average Bonchev–Trinajstić information content (AvgIpc) is 2.17. The Kier molecular flexibility index (Phi) is 4.21. The number of ketones is 1. The van der Waals surface area contributed by atoms with Gasteiger partial charge in [-0.25, -0.2) is 0 Å². The fourth-order valence-electron chi connectivity index (χ4n) is 1.39. The lowest BCUT2D eigenvalue weighted by Gasteiger charge is -2.09. The van der Waals surface area contributed by atoms with Crippen molar-refractivity contribution < 1.29 is 9.00 Å². The van der Waals surface area contributed by atoms with Gasteiger partial charge in [0.05, 0.1) is 10.8 Å². The van der Waals surface area contributed by atoms with Gasteiger partial charge >= 0.3 is 0 Å². The highest BCUT2D eigenvalue weighted by molar-refractivity contribution is 7.85. The Morgan fingerprint density at radius 1 is 1.33 bits per heavy atom. The van der Waals surface area contributed by atoms with E-state index >= 15 is 0 Å². The van der Waals surface area contributed by atoms with Crippen LogP contribution in [0.3, 0.4) is 0 Å². The molecule has 0 N–H and O–H groups in total. The highest BCUT2D eigenvalue weighted by atomic mass is 32.2. The van der Waals surface area contributed by atoms with E-state index in [0.717, 1.165) is 10.5 Å². The number of benzene rings is 1. The fourth-order valence-corrected chi connectivity index (χ4v) is 2.64. The minimum atomic E-state index is -1.08. The van der Waals surface area contributed by atoms with Crippen molar-refractivity contribution in [3.05, 3.63) is 29.8 Å². The van der Waals surface area contributed by atoms with Gasteiger partial charge in [-0.05, 0) is 26.0 Å². The summed E-state index contributed by atoms with van der Waals surface area (Å²) in [7, 11) is -1.08. The minimum Gasteiger partial charge on any atom is -0.300 e. The summed E-state index contributed by atoms with van der Waals surface area (Å²) in [5.74, 6) is 0.0861. The monoisotopic (exact) mass is 224 g/mol. The molecule has 2 nitrogen and oxygen atoms in total. The van der Waals surface area contributed by atoms with Crippen molar-refractivity contribution in [3.63, 3.8) is 0 Å². The van der Waals surface area contributed by atoms with Crippen LogP contribution in [-0.4, -0.2) is 15.2 Å². The van der Waals surface area contributed by atoms with E-state index in [1.165, 1.54) is 6.92 Å². The van der Waals surface area contributed by atoms with Gasteiger partial charge in [-0.15, -0.1) is 0 Å². The fraction of sp³-hybridized carbons (Fsp3) is 0.417. The first-order valence-electron chi connectivity index (χ1n) is 4.97. The molecule has 1 aromatic rings. The highest BCUT2D eigenvalue weighted by Crippen LogP contribution is 2.14. The summed E-state index contributed by atoms with van der Waals surface area (Å²) in [6, 6.07) is 7.60. The van der Waals surface area contributed by atoms with Gasteiger partial charge in [0.25, 0.3) is 0 Å². The van der Waals surface area contributed by atoms with Gasteiger partial charge in [0, 0.05) is 16.6 Å². The molecule has 0 aliphatic heterocycles. The third-order valence-corrected chi connectivity index (χ3v) is 3.83. The molecule has 0 amide bonds. The molecule has 0 radical (unpaired) electrons. The molecule has 2 unspecified atom stereocenters. The molecular formula is C12H16O2S. The van der Waals surface area contributed by atoms with E-state index in [9.17, 15) is 9.00 Å². The predicted octanol–water partition coefficient (Wildman–Crippen LogP) is 2.47. The van der Waals surface area contributed by atoms with E-state index in [1.54, 1.807) is 0 Å². The molecule has 0 aliphatic rings. The Bertz CT molecular complexity index is 368. The maximum atomic E-state index is 12.0. The van der Waals surface area contributed by atoms with Gasteiger partial charge in [-0.1, -0.05) is 24.6 Å². The maximum absolute atomic E-state index is 12.0. The van der Waals surface area contributed by atoms with Gasteiger partial charge in [-0.3, -0.25) is 9.00 Å². The average molecular weight is 224 g/mol. The second-order valence-electron chi connectivity index (χ2n) is 3.83. The summed E-state index contributed by atoms with van der Waals surface area (Å²) in [5, 5.41) is -0.106. The van der Waals surface area contributed by atoms with E-state index in [2.05, 4.69) is 0 Å². The van der Waals surface area contributed by atoms with Crippen LogP contribution in [0.1, 0.15) is 25.8 Å². The highest BCUT2D eigenvalue weighted by Gasteiger charge is 2.14. The van der Waals surface area contributed by atoms with Crippen LogP contribution in [0.5, 0.6) is 0 Å². The molecule has 0 aromatic heterocycles. The lowest BCUT2D eigenvalue weighted by molar-refractivity contribution is -0.116. The number of aryl methyl sites for hydroxylation is 1. The topological polar surface area (TPSA) is 34.1 Å². The Balaban J connectivity index is 2.76. The molecule has 15 heavy (non-hydrogen) atoms. The quantitative estimate of drug-likeness (QED) is 0.787. The van der Waals surface area contributed by atoms with Crippen molar-refractivity contribution in [2.24, 2.45) is 0 Å². The summed E-state index contributed by atoms with van der Waals surface area (Å²) >= 11 is 0. The summed E-state index contributed by atoms with van der Waals surface area (Å²) in [6.45, 7) is 5.37. The zero-order valence-corrected chi connectivity index (χ0v) is 10.1. The molecule has 1 rings (SSSR count). The Morgan fingerprint density at radius 3 is 2.33 bits per heavy atom. The van der Waals surface area contributed by atoms with Crippen LogP contribution in [0.25, 0.3) is 0 Å². The van der Waals surface area contributed by atoms with Gasteiger partial charge in [0.15, 0.2) is 0 Å². The number of Topliss-reactive ketones (excluding diaryl/α,β-unsaturated/α-hetero) is 1. The summed E-state index contributed by atoms with van der Waals surface area (Å²) < 4.78 is 12.0. The van der Waals surface area contributed by atoms with Crippen LogP contribution >= 0.6 is 0 Å². The predicted molar refractivity (Wildman–Crippen MR) is 62.3 cm³/mol. The van der Waals surface area contributed by atoms with Crippen molar-refractivity contribution in [1.82, 2.24) is 0 Å². The molecule has 0 heterocycles. The van der Waals surface area contributed by atoms with Crippen LogP contribution in [0.4, 0.5) is 0 Å². The van der Waals surface area contributed by atoms with Gasteiger partial charge in [-0.2, -0.15) is 0 Å². The third kappa shape index (κ3) is 3.59. The number of hydrogen-bond acceptors (Lipinski definition) is 2. The second kappa shape index (κ2) is 5.21. The SMILES string of the molecule is CC(=O)CC(C)S(=O)c1ccc(C)cc1. The van der Waals surface area contributed by atoms with Crippen molar-refractivity contribution in [3.8, 4) is 0 Å². The van der Waals surface area contributed by atoms with Crippen molar-refractivity contribution in [2.45, 2.75) is 37.3 Å². The Morgan fingerprint density at radius 2 is 1.87 bits per heavy atom. The van der Waals surface area contributed by atoms with E-state index in [1.807, 2.05) is 38.1 Å². The number of hydrogen-bond donors (Lipinski definition) is 0. The van der Waals surface area contributed by atoms with Crippen LogP contribution < -0.4 is 0 Å². The van der Waals surface area contributed by atoms with Gasteiger partial charge < -0.3 is 0 Å². The van der Waals surface area contributed by atoms with Gasteiger partial charge in [0.2, 0.25) is 0 Å². The molecule has 0 saturated carbocycles. The molecular weight excluding hydrogens is 208 g/mol. The largest absolute Gasteiger partial charge is 0.300 e. The Labute approximate surface area is 93.2 Å². The van der Waals surface area contributed by atoms with Crippen molar-refractivity contribution in [1.29, 1.82) is 0 Å². The minimum absolute atomic E-state index is 0.0861. The molecule has 0 fully saturated rings. The zero-order valence-electron chi connectivity index (χ0n) is 9.32. The molecule has 3 heteroatoms. The van der Waals surface area contributed by atoms with Gasteiger partial charge in [0.1, 0.15) is 5.78 Å². The molecule has 0 bridgehead atoms. The van der Waals surface area contributed by atoms with E-state index in [-0.39, 0.29) is 11.0 Å². The smallest absolute Gasteiger partial charge is 0.131 e. The van der Waals surface area contributed by atoms with Crippen LogP contribution in [0.15, 0.2) is 29.2 Å². The number of rotatable bonds is 4. The van der Waals surface area contributed by atoms with Crippen LogP contribution in [0, 0.1) is 6.92 Å². The van der Waals surface area contributed by atoms with E-state index in [4.69, 9.17) is 0 Å². The summed E-state index contributed by atoms with van der Waals surface area (Å²) in [6.07, 6.45) is 0.375. The number of carbonyl (C=O) groups excluding carboxylic acids is 1. The lowest BCUT2D eigenvalue weighted by Crippen LogP contribution is -2.14. The maximum Gasteiger partial charge on any atom is 0.131 e. The second-order valence-corrected chi connectivity index (χ2v) is 5.70. The Hall–Kier alpha value is -0.960. The molecule has 0 saturated heterocycles. The molecule has 0 aliphatic carbocycles. The third-order valence-electron chi connectivity index (χ3n) is 2.19. The number of carbonyl (C=O) groups is 1. The first-order chi connectivity index (χ1) is 7.00. The normalized spacial score (nSPS) is 14.6. The van der Waals surface area contributed by atoms with E-state index in [0.29, 0.717) is 6.42 Å².